The molecule has 1 aliphatic rings. The second-order valence-electron chi connectivity index (χ2n) is 5.28. The fourth-order valence-corrected chi connectivity index (χ4v) is 3.56. The van der Waals surface area contributed by atoms with E-state index in [0.717, 1.165) is 11.8 Å². The molecule has 0 saturated carbocycles. The Labute approximate surface area is 162 Å². The van der Waals surface area contributed by atoms with Gasteiger partial charge in [0.25, 0.3) is 5.91 Å². The van der Waals surface area contributed by atoms with E-state index in [1.54, 1.807) is 36.4 Å². The van der Waals surface area contributed by atoms with E-state index in [0.29, 0.717) is 32.0 Å². The number of amides is 1. The van der Waals surface area contributed by atoms with Crippen LogP contribution in [0.25, 0.3) is 6.08 Å². The molecule has 0 atom stereocenters. The average molecular weight is 437 g/mol. The highest BCUT2D eigenvalue weighted by atomic mass is 79.9. The van der Waals surface area contributed by atoms with Crippen LogP contribution in [0.3, 0.4) is 0 Å². The van der Waals surface area contributed by atoms with Gasteiger partial charge in [0.15, 0.2) is 16.7 Å². The molecular formula is C18H14BrFN2O3S. The molecule has 8 heteroatoms. The molecule has 26 heavy (non-hydrogen) atoms. The quantitative estimate of drug-likeness (QED) is 0.713. The van der Waals surface area contributed by atoms with Crippen LogP contribution in [-0.4, -0.2) is 18.2 Å². The van der Waals surface area contributed by atoms with Crippen molar-refractivity contribution in [1.82, 2.24) is 0 Å². The Balaban J connectivity index is 1.85. The summed E-state index contributed by atoms with van der Waals surface area (Å²) in [5, 5.41) is 0.220. The zero-order valence-corrected chi connectivity index (χ0v) is 16.1. The number of thioether (sulfide) groups is 1. The second kappa shape index (κ2) is 7.92. The fraction of sp³-hybridized carbons (Fsp3) is 0.111. The van der Waals surface area contributed by atoms with Crippen LogP contribution in [0.4, 0.5) is 4.39 Å². The highest BCUT2D eigenvalue weighted by Crippen LogP contribution is 2.38. The summed E-state index contributed by atoms with van der Waals surface area (Å²) in [6, 6.07) is 9.89. The highest BCUT2D eigenvalue weighted by Gasteiger charge is 2.20. The minimum atomic E-state index is -0.373. The molecule has 0 radical (unpaired) electrons. The second-order valence-corrected chi connectivity index (χ2v) is 7.20. The van der Waals surface area contributed by atoms with Gasteiger partial charge in [-0.05, 0) is 57.5 Å². The number of rotatable bonds is 5. The van der Waals surface area contributed by atoms with Gasteiger partial charge in [0.2, 0.25) is 0 Å². The number of hydrogen-bond donors (Lipinski definition) is 1. The van der Waals surface area contributed by atoms with E-state index in [-0.39, 0.29) is 23.5 Å². The number of carbonyl (C=O) groups is 1. The number of amidine groups is 1. The van der Waals surface area contributed by atoms with Gasteiger partial charge < -0.3 is 15.2 Å². The van der Waals surface area contributed by atoms with Crippen LogP contribution in [0.1, 0.15) is 11.1 Å². The summed E-state index contributed by atoms with van der Waals surface area (Å²) < 4.78 is 25.5. The standard InChI is InChI=1S/C18H14BrFN2O3S/c1-24-14-7-10(8-15-17(23)22-18(21)26-15)6-12(19)16(14)25-9-11-4-2-3-5-13(11)20/h2-8H,9H2,1H3,(H2,21,22,23)/b15-8+. The van der Waals surface area contributed by atoms with E-state index < -0.39 is 0 Å². The van der Waals surface area contributed by atoms with Gasteiger partial charge in [-0.15, -0.1) is 0 Å². The van der Waals surface area contributed by atoms with Crippen molar-refractivity contribution in [3.05, 3.63) is 62.7 Å². The predicted molar refractivity (Wildman–Crippen MR) is 104 cm³/mol. The number of methoxy groups -OCH3 is 1. The van der Waals surface area contributed by atoms with Gasteiger partial charge in [-0.25, -0.2) is 4.39 Å². The molecule has 1 amide bonds. The summed E-state index contributed by atoms with van der Waals surface area (Å²) in [4.78, 5) is 15.8. The zero-order chi connectivity index (χ0) is 18.7. The van der Waals surface area contributed by atoms with Crippen molar-refractivity contribution in [3.63, 3.8) is 0 Å². The topological polar surface area (TPSA) is 73.9 Å². The van der Waals surface area contributed by atoms with Gasteiger partial charge in [0.1, 0.15) is 12.4 Å². The van der Waals surface area contributed by atoms with E-state index >= 15 is 0 Å². The Morgan fingerprint density at radius 2 is 2.12 bits per heavy atom. The molecule has 0 saturated heterocycles. The minimum Gasteiger partial charge on any atom is -0.493 e. The van der Waals surface area contributed by atoms with Crippen LogP contribution >= 0.6 is 27.7 Å². The number of hydrogen-bond acceptors (Lipinski definition) is 5. The molecule has 0 bridgehead atoms. The lowest BCUT2D eigenvalue weighted by Crippen LogP contribution is -2.01. The fourth-order valence-electron chi connectivity index (χ4n) is 2.31. The normalized spacial score (nSPS) is 15.3. The van der Waals surface area contributed by atoms with E-state index in [9.17, 15) is 9.18 Å². The number of carbonyl (C=O) groups excluding carboxylic acids is 1. The monoisotopic (exact) mass is 436 g/mol. The first-order valence-corrected chi connectivity index (χ1v) is 9.10. The van der Waals surface area contributed by atoms with Gasteiger partial charge in [0.05, 0.1) is 16.5 Å². The van der Waals surface area contributed by atoms with Crippen molar-refractivity contribution in [2.75, 3.05) is 7.11 Å². The number of nitrogens with zero attached hydrogens (tertiary/aromatic N) is 1. The summed E-state index contributed by atoms with van der Waals surface area (Å²) in [5.74, 6) is 0.187. The van der Waals surface area contributed by atoms with Crippen molar-refractivity contribution < 1.29 is 18.7 Å². The van der Waals surface area contributed by atoms with E-state index in [4.69, 9.17) is 15.2 Å². The Morgan fingerprint density at radius 1 is 1.35 bits per heavy atom. The van der Waals surface area contributed by atoms with E-state index in [1.807, 2.05) is 0 Å². The van der Waals surface area contributed by atoms with Gasteiger partial charge in [0, 0.05) is 5.56 Å². The molecule has 3 rings (SSSR count). The van der Waals surface area contributed by atoms with Crippen molar-refractivity contribution in [2.24, 2.45) is 10.7 Å². The summed E-state index contributed by atoms with van der Waals surface area (Å²) in [6.45, 7) is 0.0563. The Morgan fingerprint density at radius 3 is 2.77 bits per heavy atom. The molecule has 1 aliphatic heterocycles. The largest absolute Gasteiger partial charge is 0.493 e. The summed E-state index contributed by atoms with van der Waals surface area (Å²) in [7, 11) is 1.51. The lowest BCUT2D eigenvalue weighted by molar-refractivity contribution is -0.113. The molecule has 2 aromatic rings. The number of benzene rings is 2. The maximum Gasteiger partial charge on any atom is 0.286 e. The lowest BCUT2D eigenvalue weighted by atomic mass is 10.1. The smallest absolute Gasteiger partial charge is 0.286 e. The first-order chi connectivity index (χ1) is 12.5. The van der Waals surface area contributed by atoms with Crippen molar-refractivity contribution in [2.45, 2.75) is 6.61 Å². The molecule has 2 aromatic carbocycles. The molecular weight excluding hydrogens is 423 g/mol. The number of aliphatic imine (C=N–C) groups is 1. The highest BCUT2D eigenvalue weighted by molar-refractivity contribution is 9.10. The van der Waals surface area contributed by atoms with Crippen LogP contribution in [0.15, 0.2) is 50.8 Å². The van der Waals surface area contributed by atoms with Crippen molar-refractivity contribution in [3.8, 4) is 11.5 Å². The van der Waals surface area contributed by atoms with Crippen LogP contribution in [0, 0.1) is 5.82 Å². The molecule has 2 N–H and O–H groups in total. The van der Waals surface area contributed by atoms with Crippen LogP contribution in [0.2, 0.25) is 0 Å². The van der Waals surface area contributed by atoms with E-state index in [2.05, 4.69) is 20.9 Å². The van der Waals surface area contributed by atoms with Gasteiger partial charge in [-0.2, -0.15) is 4.99 Å². The maximum atomic E-state index is 13.7. The Kier molecular flexibility index (Phi) is 5.63. The molecule has 5 nitrogen and oxygen atoms in total. The molecule has 0 fully saturated rings. The third-order valence-corrected chi connectivity index (χ3v) is 4.92. The molecule has 0 unspecified atom stereocenters. The number of nitrogens with two attached hydrogens (primary N) is 1. The first-order valence-electron chi connectivity index (χ1n) is 7.49. The Hall–Kier alpha value is -2.32. The maximum absolute atomic E-state index is 13.7. The molecule has 0 aromatic heterocycles. The zero-order valence-electron chi connectivity index (χ0n) is 13.7. The Bertz CT molecular complexity index is 931. The third-order valence-electron chi connectivity index (χ3n) is 3.52. The van der Waals surface area contributed by atoms with Crippen molar-refractivity contribution in [1.29, 1.82) is 0 Å². The third kappa shape index (κ3) is 4.08. The first kappa shape index (κ1) is 18.5. The van der Waals surface area contributed by atoms with Gasteiger partial charge in [-0.3, -0.25) is 4.79 Å². The molecule has 134 valence electrons. The van der Waals surface area contributed by atoms with Crippen LogP contribution < -0.4 is 15.2 Å². The summed E-state index contributed by atoms with van der Waals surface area (Å²) in [5.41, 5.74) is 6.71. The van der Waals surface area contributed by atoms with Crippen molar-refractivity contribution >= 4 is 44.8 Å². The number of ether oxygens (including phenoxy) is 2. The molecule has 0 spiro atoms. The SMILES string of the molecule is COc1cc(/C=C2/SC(N)=NC2=O)cc(Br)c1OCc1ccccc1F. The average Bonchev–Trinajstić information content (AvgIpc) is 2.92. The number of halogens is 2. The summed E-state index contributed by atoms with van der Waals surface area (Å²) >= 11 is 4.55. The van der Waals surface area contributed by atoms with Crippen LogP contribution in [-0.2, 0) is 11.4 Å². The minimum absolute atomic E-state index is 0.0563. The van der Waals surface area contributed by atoms with E-state index in [1.165, 1.54) is 13.2 Å². The predicted octanol–water partition coefficient (Wildman–Crippen LogP) is 4.10. The van der Waals surface area contributed by atoms with Crippen LogP contribution in [0.5, 0.6) is 11.5 Å². The lowest BCUT2D eigenvalue weighted by Gasteiger charge is -2.14. The molecule has 1 heterocycles. The van der Waals surface area contributed by atoms with Gasteiger partial charge >= 0.3 is 0 Å². The molecule has 0 aliphatic carbocycles. The van der Waals surface area contributed by atoms with Gasteiger partial charge in [-0.1, -0.05) is 18.2 Å². The summed E-state index contributed by atoms with van der Waals surface area (Å²) in [6.07, 6.45) is 1.67.